The Morgan fingerprint density at radius 1 is 1.14 bits per heavy atom. The number of thiocarbonyl (C=S) groups is 1. The zero-order valence-corrected chi connectivity index (χ0v) is 14.9. The van der Waals surface area contributed by atoms with Crippen LogP contribution in [0.4, 0.5) is 0 Å². The SMILES string of the molecule is C[C@H]1CCCC[C@H]1NC(=S)NCc1ccc(C[NH+](C)C)cc1. The van der Waals surface area contributed by atoms with Crippen molar-refractivity contribution in [1.29, 1.82) is 0 Å². The van der Waals surface area contributed by atoms with Crippen molar-refractivity contribution < 1.29 is 4.90 Å². The third-order valence-electron chi connectivity index (χ3n) is 4.46. The molecule has 1 aliphatic rings. The molecule has 0 saturated heterocycles. The molecular formula is C18H30N3S+. The topological polar surface area (TPSA) is 28.5 Å². The highest BCUT2D eigenvalue weighted by Crippen LogP contribution is 2.23. The normalized spacial score (nSPS) is 21.6. The quantitative estimate of drug-likeness (QED) is 0.724. The lowest BCUT2D eigenvalue weighted by atomic mass is 9.86. The van der Waals surface area contributed by atoms with Crippen molar-refractivity contribution in [2.45, 2.75) is 51.7 Å². The number of rotatable bonds is 5. The van der Waals surface area contributed by atoms with E-state index in [1.54, 1.807) is 0 Å². The fourth-order valence-corrected chi connectivity index (χ4v) is 3.34. The second-order valence-electron chi connectivity index (χ2n) is 6.90. The Hall–Kier alpha value is -1.13. The van der Waals surface area contributed by atoms with Gasteiger partial charge in [0.1, 0.15) is 6.54 Å². The summed E-state index contributed by atoms with van der Waals surface area (Å²) in [6.07, 6.45) is 5.24. The van der Waals surface area contributed by atoms with E-state index in [1.165, 1.54) is 41.7 Å². The van der Waals surface area contributed by atoms with Crippen LogP contribution in [0.5, 0.6) is 0 Å². The Bertz CT molecular complexity index is 470. The summed E-state index contributed by atoms with van der Waals surface area (Å²) in [5.74, 6) is 0.723. The Morgan fingerprint density at radius 3 is 2.41 bits per heavy atom. The highest BCUT2D eigenvalue weighted by molar-refractivity contribution is 7.80. The number of quaternary nitrogens is 1. The Kier molecular flexibility index (Phi) is 6.65. The van der Waals surface area contributed by atoms with Crippen molar-refractivity contribution in [3.63, 3.8) is 0 Å². The fraction of sp³-hybridized carbons (Fsp3) is 0.611. The first-order chi connectivity index (χ1) is 10.5. The van der Waals surface area contributed by atoms with Crippen LogP contribution in [0.15, 0.2) is 24.3 Å². The minimum atomic E-state index is 0.541. The van der Waals surface area contributed by atoms with E-state index >= 15 is 0 Å². The summed E-state index contributed by atoms with van der Waals surface area (Å²) in [6.45, 7) is 4.18. The van der Waals surface area contributed by atoms with Crippen molar-refractivity contribution in [1.82, 2.24) is 10.6 Å². The number of hydrogen-bond acceptors (Lipinski definition) is 1. The predicted molar refractivity (Wildman–Crippen MR) is 97.0 cm³/mol. The van der Waals surface area contributed by atoms with E-state index in [-0.39, 0.29) is 0 Å². The van der Waals surface area contributed by atoms with Gasteiger partial charge in [-0.3, -0.25) is 0 Å². The zero-order valence-electron chi connectivity index (χ0n) is 14.1. The van der Waals surface area contributed by atoms with Gasteiger partial charge in [0.05, 0.1) is 14.1 Å². The fourth-order valence-electron chi connectivity index (χ4n) is 3.12. The van der Waals surface area contributed by atoms with Gasteiger partial charge in [0.25, 0.3) is 0 Å². The summed E-state index contributed by atoms with van der Waals surface area (Å²) < 4.78 is 0. The molecule has 0 spiro atoms. The molecule has 3 N–H and O–H groups in total. The first-order valence-electron chi connectivity index (χ1n) is 8.46. The van der Waals surface area contributed by atoms with Gasteiger partial charge in [-0.05, 0) is 36.5 Å². The maximum Gasteiger partial charge on any atom is 0.166 e. The molecule has 22 heavy (non-hydrogen) atoms. The molecule has 4 heteroatoms. The number of benzene rings is 1. The van der Waals surface area contributed by atoms with Crippen LogP contribution >= 0.6 is 12.2 Å². The zero-order chi connectivity index (χ0) is 15.9. The molecule has 1 aromatic rings. The summed E-state index contributed by atoms with van der Waals surface area (Å²) in [7, 11) is 4.34. The van der Waals surface area contributed by atoms with Gasteiger partial charge in [0.15, 0.2) is 5.11 Å². The van der Waals surface area contributed by atoms with E-state index < -0.39 is 0 Å². The van der Waals surface area contributed by atoms with Crippen LogP contribution in [0.1, 0.15) is 43.7 Å². The maximum absolute atomic E-state index is 5.44. The second-order valence-corrected chi connectivity index (χ2v) is 7.30. The summed E-state index contributed by atoms with van der Waals surface area (Å²) in [4.78, 5) is 1.44. The molecule has 2 rings (SSSR count). The molecule has 0 aliphatic heterocycles. The van der Waals surface area contributed by atoms with E-state index in [1.807, 2.05) is 0 Å². The Balaban J connectivity index is 1.76. The van der Waals surface area contributed by atoms with Crippen LogP contribution in [0, 0.1) is 5.92 Å². The van der Waals surface area contributed by atoms with Crippen molar-refractivity contribution in [2.75, 3.05) is 14.1 Å². The summed E-state index contributed by atoms with van der Waals surface area (Å²) in [5.41, 5.74) is 2.65. The third kappa shape index (κ3) is 5.58. The van der Waals surface area contributed by atoms with Gasteiger partial charge in [-0.25, -0.2) is 0 Å². The minimum absolute atomic E-state index is 0.541. The minimum Gasteiger partial charge on any atom is -0.360 e. The van der Waals surface area contributed by atoms with Gasteiger partial charge in [0, 0.05) is 18.2 Å². The molecule has 1 fully saturated rings. The van der Waals surface area contributed by atoms with Gasteiger partial charge >= 0.3 is 0 Å². The molecule has 0 radical (unpaired) electrons. The molecule has 1 aromatic carbocycles. The molecule has 0 heterocycles. The van der Waals surface area contributed by atoms with Crippen molar-refractivity contribution in [2.24, 2.45) is 5.92 Å². The average molecular weight is 321 g/mol. The number of nitrogens with one attached hydrogen (secondary N) is 3. The van der Waals surface area contributed by atoms with Crippen LogP contribution in [0.2, 0.25) is 0 Å². The van der Waals surface area contributed by atoms with Crippen molar-refractivity contribution >= 4 is 17.3 Å². The Morgan fingerprint density at radius 2 is 1.77 bits per heavy atom. The summed E-state index contributed by atoms with van der Waals surface area (Å²) in [6, 6.07) is 9.35. The average Bonchev–Trinajstić information content (AvgIpc) is 2.48. The molecular weight excluding hydrogens is 290 g/mol. The molecule has 0 aromatic heterocycles. The Labute approximate surface area is 140 Å². The number of hydrogen-bond donors (Lipinski definition) is 3. The van der Waals surface area contributed by atoms with Crippen LogP contribution in [-0.2, 0) is 13.1 Å². The van der Waals surface area contributed by atoms with E-state index in [0.29, 0.717) is 6.04 Å². The van der Waals surface area contributed by atoms with Gasteiger partial charge in [-0.2, -0.15) is 0 Å². The molecule has 1 aliphatic carbocycles. The van der Waals surface area contributed by atoms with Crippen molar-refractivity contribution in [3.8, 4) is 0 Å². The molecule has 0 amide bonds. The first kappa shape index (κ1) is 17.2. The van der Waals surface area contributed by atoms with E-state index in [9.17, 15) is 0 Å². The van der Waals surface area contributed by atoms with Crippen LogP contribution in [-0.4, -0.2) is 25.2 Å². The standard InChI is InChI=1S/C18H29N3S/c1-14-6-4-5-7-17(14)20-18(22)19-12-15-8-10-16(11-9-15)13-21(2)3/h8-11,14,17H,4-7,12-13H2,1-3H3,(H2,19,20,22)/p+1/t14-,17+/m0/s1. The molecule has 0 bridgehead atoms. The van der Waals surface area contributed by atoms with Crippen LogP contribution in [0.25, 0.3) is 0 Å². The lowest BCUT2D eigenvalue weighted by Gasteiger charge is -2.30. The molecule has 0 unspecified atom stereocenters. The van der Waals surface area contributed by atoms with Gasteiger partial charge in [-0.1, -0.05) is 44.0 Å². The smallest absolute Gasteiger partial charge is 0.166 e. The van der Waals surface area contributed by atoms with Gasteiger partial charge < -0.3 is 15.5 Å². The van der Waals surface area contributed by atoms with E-state index in [2.05, 4.69) is 55.9 Å². The molecule has 1 saturated carbocycles. The van der Waals surface area contributed by atoms with E-state index in [4.69, 9.17) is 12.2 Å². The molecule has 2 atom stereocenters. The third-order valence-corrected chi connectivity index (χ3v) is 4.72. The summed E-state index contributed by atoms with van der Waals surface area (Å²) >= 11 is 5.44. The second kappa shape index (κ2) is 8.49. The van der Waals surface area contributed by atoms with Crippen molar-refractivity contribution in [3.05, 3.63) is 35.4 Å². The highest BCUT2D eigenvalue weighted by Gasteiger charge is 2.21. The summed E-state index contributed by atoms with van der Waals surface area (Å²) in [5, 5.41) is 7.63. The van der Waals surface area contributed by atoms with Gasteiger partial charge in [-0.15, -0.1) is 0 Å². The van der Waals surface area contributed by atoms with Crippen LogP contribution in [0.3, 0.4) is 0 Å². The maximum atomic E-state index is 5.44. The molecule has 3 nitrogen and oxygen atoms in total. The van der Waals surface area contributed by atoms with Gasteiger partial charge in [0.2, 0.25) is 0 Å². The first-order valence-corrected chi connectivity index (χ1v) is 8.86. The largest absolute Gasteiger partial charge is 0.360 e. The monoisotopic (exact) mass is 320 g/mol. The van der Waals surface area contributed by atoms with Crippen LogP contribution < -0.4 is 15.5 Å². The lowest BCUT2D eigenvalue weighted by molar-refractivity contribution is -0.872. The lowest BCUT2D eigenvalue weighted by Crippen LogP contribution is -3.04. The highest BCUT2D eigenvalue weighted by atomic mass is 32.1. The molecule has 122 valence electrons. The van der Waals surface area contributed by atoms with E-state index in [0.717, 1.165) is 24.1 Å². The predicted octanol–water partition coefficient (Wildman–Crippen LogP) is 1.87.